The molecule has 0 bridgehead atoms. The minimum absolute atomic E-state index is 0.0945. The third-order valence-electron chi connectivity index (χ3n) is 4.14. The molecule has 0 saturated heterocycles. The van der Waals surface area contributed by atoms with E-state index >= 15 is 0 Å². The molecule has 0 aliphatic rings. The van der Waals surface area contributed by atoms with Crippen LogP contribution in [0, 0.1) is 0 Å². The van der Waals surface area contributed by atoms with E-state index in [4.69, 9.17) is 4.52 Å². The fourth-order valence-corrected chi connectivity index (χ4v) is 4.37. The summed E-state index contributed by atoms with van der Waals surface area (Å²) in [6.45, 7) is 2.25. The van der Waals surface area contributed by atoms with Crippen molar-refractivity contribution >= 4 is 32.9 Å². The van der Waals surface area contributed by atoms with Gasteiger partial charge in [0.15, 0.2) is 5.82 Å². The summed E-state index contributed by atoms with van der Waals surface area (Å²) in [4.78, 5) is 23.6. The zero-order valence-corrected chi connectivity index (χ0v) is 15.9. The summed E-state index contributed by atoms with van der Waals surface area (Å²) < 4.78 is 6.81. The van der Waals surface area contributed by atoms with Gasteiger partial charge in [-0.05, 0) is 25.4 Å². The molecular weight excluding hydrogens is 370 g/mol. The van der Waals surface area contributed by atoms with Gasteiger partial charge in [-0.2, -0.15) is 4.98 Å². The van der Waals surface area contributed by atoms with Gasteiger partial charge in [-0.1, -0.05) is 11.2 Å². The molecule has 4 aromatic rings. The second-order valence-corrected chi connectivity index (χ2v) is 7.79. The fraction of sp³-hybridized carbons (Fsp3) is 0.294. The van der Waals surface area contributed by atoms with Crippen molar-refractivity contribution in [3.8, 4) is 10.4 Å². The van der Waals surface area contributed by atoms with Crippen LogP contribution in [0.4, 0.5) is 0 Å². The van der Waals surface area contributed by atoms with Crippen LogP contribution in [0.15, 0.2) is 38.5 Å². The minimum Gasteiger partial charge on any atom is -0.337 e. The molecule has 0 saturated carbocycles. The lowest BCUT2D eigenvalue weighted by molar-refractivity contribution is 0.363. The van der Waals surface area contributed by atoms with Gasteiger partial charge in [-0.15, -0.1) is 22.7 Å². The van der Waals surface area contributed by atoms with Gasteiger partial charge in [0.2, 0.25) is 5.89 Å². The fourth-order valence-electron chi connectivity index (χ4n) is 2.65. The Hall–Kier alpha value is -2.36. The van der Waals surface area contributed by atoms with Crippen LogP contribution in [0.5, 0.6) is 0 Å². The Morgan fingerprint density at radius 1 is 1.38 bits per heavy atom. The molecule has 1 N–H and O–H groups in total. The molecular formula is C17H17N5O2S2. The van der Waals surface area contributed by atoms with Crippen LogP contribution in [-0.4, -0.2) is 32.8 Å². The molecule has 1 unspecified atom stereocenters. The Labute approximate surface area is 157 Å². The van der Waals surface area contributed by atoms with Gasteiger partial charge in [0.1, 0.15) is 11.4 Å². The lowest BCUT2D eigenvalue weighted by Gasteiger charge is -2.04. The van der Waals surface area contributed by atoms with Crippen LogP contribution in [0.2, 0.25) is 0 Å². The topological polar surface area (TPSA) is 85.8 Å². The van der Waals surface area contributed by atoms with E-state index in [2.05, 4.69) is 20.4 Å². The number of thiophene rings is 2. The van der Waals surface area contributed by atoms with E-state index in [0.717, 1.165) is 15.3 Å². The van der Waals surface area contributed by atoms with E-state index < -0.39 is 0 Å². The van der Waals surface area contributed by atoms with E-state index in [1.54, 1.807) is 17.7 Å². The summed E-state index contributed by atoms with van der Waals surface area (Å²) in [7, 11) is 1.89. The number of hydrogen-bond acceptors (Lipinski definition) is 8. The standard InChI is InChI=1S/C17H17N5O2S2/c1-10(18-2)6-13-20-14(24-21-13)7-22-9-19-16-15(17(22)23)11(8-26-16)12-4-3-5-25-12/h3-5,8-10,18H,6-7H2,1-2H3. The maximum Gasteiger partial charge on any atom is 0.263 e. The van der Waals surface area contributed by atoms with Crippen LogP contribution in [-0.2, 0) is 13.0 Å². The average molecular weight is 387 g/mol. The molecule has 0 spiro atoms. The van der Waals surface area contributed by atoms with E-state index in [1.165, 1.54) is 15.9 Å². The molecule has 0 aliphatic heterocycles. The van der Waals surface area contributed by atoms with Gasteiger partial charge in [0, 0.05) is 28.3 Å². The van der Waals surface area contributed by atoms with Crippen LogP contribution >= 0.6 is 22.7 Å². The maximum absolute atomic E-state index is 13.0. The second kappa shape index (κ2) is 7.10. The zero-order valence-electron chi connectivity index (χ0n) is 14.3. The van der Waals surface area contributed by atoms with Crippen LogP contribution in [0.3, 0.4) is 0 Å². The summed E-state index contributed by atoms with van der Waals surface area (Å²) in [6, 6.07) is 4.24. The van der Waals surface area contributed by atoms with E-state index in [-0.39, 0.29) is 18.1 Å². The van der Waals surface area contributed by atoms with Crippen molar-refractivity contribution < 1.29 is 4.52 Å². The highest BCUT2D eigenvalue weighted by molar-refractivity contribution is 7.18. The smallest absolute Gasteiger partial charge is 0.263 e. The van der Waals surface area contributed by atoms with Crippen molar-refractivity contribution in [2.75, 3.05) is 7.05 Å². The first kappa shape index (κ1) is 17.1. The second-order valence-electron chi connectivity index (χ2n) is 5.98. The third-order valence-corrected chi connectivity index (χ3v) is 5.93. The average Bonchev–Trinajstić information content (AvgIpc) is 3.37. The quantitative estimate of drug-likeness (QED) is 0.547. The van der Waals surface area contributed by atoms with Crippen molar-refractivity contribution in [2.45, 2.75) is 25.9 Å². The lowest BCUT2D eigenvalue weighted by Crippen LogP contribution is -2.24. The molecule has 134 valence electrons. The summed E-state index contributed by atoms with van der Waals surface area (Å²) >= 11 is 3.09. The predicted octanol–water partition coefficient (Wildman–Crippen LogP) is 2.77. The Morgan fingerprint density at radius 3 is 3.04 bits per heavy atom. The first-order chi connectivity index (χ1) is 12.7. The van der Waals surface area contributed by atoms with Gasteiger partial charge < -0.3 is 9.84 Å². The molecule has 0 fully saturated rings. The van der Waals surface area contributed by atoms with Gasteiger partial charge >= 0.3 is 0 Å². The molecule has 0 radical (unpaired) electrons. The largest absolute Gasteiger partial charge is 0.337 e. The summed E-state index contributed by atoms with van der Waals surface area (Å²) in [5, 5.41) is 11.7. The highest BCUT2D eigenvalue weighted by Gasteiger charge is 2.16. The van der Waals surface area contributed by atoms with E-state index in [1.807, 2.05) is 36.9 Å². The van der Waals surface area contributed by atoms with Crippen molar-refractivity contribution in [2.24, 2.45) is 0 Å². The van der Waals surface area contributed by atoms with Gasteiger partial charge in [-0.25, -0.2) is 4.98 Å². The molecule has 9 heteroatoms. The molecule has 0 aliphatic carbocycles. The predicted molar refractivity (Wildman–Crippen MR) is 103 cm³/mol. The Bertz CT molecular complexity index is 1080. The van der Waals surface area contributed by atoms with E-state index in [9.17, 15) is 4.79 Å². The summed E-state index contributed by atoms with van der Waals surface area (Å²) in [6.07, 6.45) is 2.21. The normalized spacial score (nSPS) is 12.7. The first-order valence-corrected chi connectivity index (χ1v) is 9.91. The van der Waals surface area contributed by atoms with Gasteiger partial charge in [0.25, 0.3) is 5.56 Å². The highest BCUT2D eigenvalue weighted by atomic mass is 32.1. The van der Waals surface area contributed by atoms with Crippen LogP contribution in [0.25, 0.3) is 20.7 Å². The SMILES string of the molecule is CNC(C)Cc1noc(Cn2cnc3scc(-c4cccs4)c3c2=O)n1. The summed E-state index contributed by atoms with van der Waals surface area (Å²) in [5.41, 5.74) is 0.837. The van der Waals surface area contributed by atoms with Crippen LogP contribution in [0.1, 0.15) is 18.6 Å². The van der Waals surface area contributed by atoms with Crippen molar-refractivity contribution in [3.05, 3.63) is 51.3 Å². The van der Waals surface area contributed by atoms with Gasteiger partial charge in [0.05, 0.1) is 11.7 Å². The zero-order chi connectivity index (χ0) is 18.1. The number of nitrogens with one attached hydrogen (secondary N) is 1. The number of fused-ring (bicyclic) bond motifs is 1. The molecule has 0 aromatic carbocycles. The van der Waals surface area contributed by atoms with Crippen LogP contribution < -0.4 is 10.9 Å². The monoisotopic (exact) mass is 387 g/mol. The van der Waals surface area contributed by atoms with Crippen molar-refractivity contribution in [1.82, 2.24) is 25.0 Å². The Balaban J connectivity index is 1.66. The first-order valence-electron chi connectivity index (χ1n) is 8.15. The third kappa shape index (κ3) is 3.20. The number of aromatic nitrogens is 4. The molecule has 4 aromatic heterocycles. The number of rotatable bonds is 6. The molecule has 4 heterocycles. The van der Waals surface area contributed by atoms with E-state index in [0.29, 0.717) is 23.5 Å². The van der Waals surface area contributed by atoms with Gasteiger partial charge in [-0.3, -0.25) is 9.36 Å². The Morgan fingerprint density at radius 2 is 2.27 bits per heavy atom. The highest BCUT2D eigenvalue weighted by Crippen LogP contribution is 2.33. The maximum atomic E-state index is 13.0. The number of hydrogen-bond donors (Lipinski definition) is 1. The van der Waals surface area contributed by atoms with Crippen molar-refractivity contribution in [3.63, 3.8) is 0 Å². The number of nitrogens with zero attached hydrogens (tertiary/aromatic N) is 4. The minimum atomic E-state index is -0.0945. The lowest BCUT2D eigenvalue weighted by atomic mass is 10.2. The Kier molecular flexibility index (Phi) is 4.66. The molecule has 7 nitrogen and oxygen atoms in total. The molecule has 1 atom stereocenters. The number of likely N-dealkylation sites (N-methyl/N-ethyl adjacent to an activating group) is 1. The summed E-state index contributed by atoms with van der Waals surface area (Å²) in [5.74, 6) is 1.03. The molecule has 26 heavy (non-hydrogen) atoms. The van der Waals surface area contributed by atoms with Crippen molar-refractivity contribution in [1.29, 1.82) is 0 Å². The molecule has 4 rings (SSSR count). The molecule has 0 amide bonds.